The summed E-state index contributed by atoms with van der Waals surface area (Å²) in [6, 6.07) is 15.8. The van der Waals surface area contributed by atoms with Crippen LogP contribution in [0, 0.1) is 0 Å². The van der Waals surface area contributed by atoms with E-state index in [0.717, 1.165) is 21.3 Å². The van der Waals surface area contributed by atoms with Gasteiger partial charge in [-0.2, -0.15) is 4.98 Å². The van der Waals surface area contributed by atoms with E-state index in [0.29, 0.717) is 24.6 Å². The smallest absolute Gasteiger partial charge is 0.231 e. The number of benzene rings is 2. The summed E-state index contributed by atoms with van der Waals surface area (Å²) in [4.78, 5) is 4.43. The van der Waals surface area contributed by atoms with Crippen molar-refractivity contribution in [3.8, 4) is 0 Å². The van der Waals surface area contributed by atoms with Crippen LogP contribution >= 0.6 is 15.9 Å². The zero-order chi connectivity index (χ0) is 14.7. The Balaban J connectivity index is 1.70. The molecule has 0 unspecified atom stereocenters. The molecule has 106 valence electrons. The topological polar surface area (TPSA) is 64.9 Å². The van der Waals surface area contributed by atoms with Gasteiger partial charge in [-0.25, -0.2) is 0 Å². The molecule has 0 spiro atoms. The number of hydrogen-bond donors (Lipinski definition) is 1. The SMILES string of the molecule is Nc1ccc(Cc2nc(Cc3cccc(Br)c3)no2)cc1. The third-order valence-corrected chi connectivity index (χ3v) is 3.59. The van der Waals surface area contributed by atoms with Gasteiger partial charge in [-0.1, -0.05) is 45.4 Å². The quantitative estimate of drug-likeness (QED) is 0.735. The van der Waals surface area contributed by atoms with Crippen molar-refractivity contribution in [2.75, 3.05) is 5.73 Å². The van der Waals surface area contributed by atoms with Crippen molar-refractivity contribution in [2.45, 2.75) is 12.8 Å². The minimum Gasteiger partial charge on any atom is -0.399 e. The second-order valence-corrected chi connectivity index (χ2v) is 5.75. The van der Waals surface area contributed by atoms with Crippen LogP contribution in [-0.2, 0) is 12.8 Å². The Morgan fingerprint density at radius 3 is 2.57 bits per heavy atom. The number of nitrogen functional groups attached to an aromatic ring is 1. The summed E-state index contributed by atoms with van der Waals surface area (Å²) in [5.41, 5.74) is 8.66. The van der Waals surface area contributed by atoms with Crippen LogP contribution in [0.15, 0.2) is 57.5 Å². The number of anilines is 1. The van der Waals surface area contributed by atoms with Crippen LogP contribution in [-0.4, -0.2) is 10.1 Å². The molecule has 0 saturated heterocycles. The molecule has 0 aliphatic carbocycles. The fourth-order valence-corrected chi connectivity index (χ4v) is 2.52. The maximum atomic E-state index is 5.67. The number of aromatic nitrogens is 2. The van der Waals surface area contributed by atoms with Gasteiger partial charge in [-0.15, -0.1) is 0 Å². The van der Waals surface area contributed by atoms with Crippen LogP contribution in [0.3, 0.4) is 0 Å². The van der Waals surface area contributed by atoms with Crippen LogP contribution in [0.25, 0.3) is 0 Å². The highest BCUT2D eigenvalue weighted by molar-refractivity contribution is 9.10. The van der Waals surface area contributed by atoms with E-state index < -0.39 is 0 Å². The van der Waals surface area contributed by atoms with Crippen molar-refractivity contribution in [3.05, 3.63) is 75.8 Å². The molecule has 1 aromatic heterocycles. The molecule has 0 atom stereocenters. The van der Waals surface area contributed by atoms with Crippen molar-refractivity contribution < 1.29 is 4.52 Å². The molecule has 1 heterocycles. The van der Waals surface area contributed by atoms with E-state index in [1.807, 2.05) is 42.5 Å². The van der Waals surface area contributed by atoms with E-state index in [4.69, 9.17) is 10.3 Å². The predicted octanol–water partition coefficient (Wildman–Crippen LogP) is 3.60. The standard InChI is InChI=1S/C16H14BrN3O/c17-13-3-1-2-12(8-13)9-15-19-16(21-20-15)10-11-4-6-14(18)7-5-11/h1-8H,9-10,18H2. The summed E-state index contributed by atoms with van der Waals surface area (Å²) < 4.78 is 6.34. The zero-order valence-corrected chi connectivity index (χ0v) is 12.9. The van der Waals surface area contributed by atoms with E-state index in [1.54, 1.807) is 0 Å². The minimum absolute atomic E-state index is 0.616. The van der Waals surface area contributed by atoms with Gasteiger partial charge in [-0.05, 0) is 35.4 Å². The first kappa shape index (κ1) is 13.8. The first-order valence-corrected chi connectivity index (χ1v) is 7.39. The number of nitrogens with two attached hydrogens (primary N) is 1. The Morgan fingerprint density at radius 2 is 1.81 bits per heavy atom. The minimum atomic E-state index is 0.616. The van der Waals surface area contributed by atoms with Gasteiger partial charge in [0.25, 0.3) is 0 Å². The molecule has 3 aromatic rings. The Morgan fingerprint density at radius 1 is 1.00 bits per heavy atom. The molecule has 0 amide bonds. The fraction of sp³-hybridized carbons (Fsp3) is 0.125. The molecule has 0 fully saturated rings. The second kappa shape index (κ2) is 6.10. The molecule has 2 aromatic carbocycles. The maximum absolute atomic E-state index is 5.67. The molecular weight excluding hydrogens is 330 g/mol. The largest absolute Gasteiger partial charge is 0.399 e. The average molecular weight is 344 g/mol. The van der Waals surface area contributed by atoms with Gasteiger partial charge in [0.15, 0.2) is 5.82 Å². The second-order valence-electron chi connectivity index (χ2n) is 4.83. The maximum Gasteiger partial charge on any atom is 0.231 e. The summed E-state index contributed by atoms with van der Waals surface area (Å²) in [5, 5.41) is 4.03. The summed E-state index contributed by atoms with van der Waals surface area (Å²) in [7, 11) is 0. The van der Waals surface area contributed by atoms with Crippen molar-refractivity contribution in [2.24, 2.45) is 0 Å². The van der Waals surface area contributed by atoms with Gasteiger partial charge in [0.2, 0.25) is 5.89 Å². The van der Waals surface area contributed by atoms with Crippen LogP contribution in [0.2, 0.25) is 0 Å². The highest BCUT2D eigenvalue weighted by Crippen LogP contribution is 2.15. The lowest BCUT2D eigenvalue weighted by Crippen LogP contribution is -1.93. The normalized spacial score (nSPS) is 10.7. The van der Waals surface area contributed by atoms with Crippen LogP contribution < -0.4 is 5.73 Å². The number of nitrogens with zero attached hydrogens (tertiary/aromatic N) is 2. The van der Waals surface area contributed by atoms with E-state index in [2.05, 4.69) is 32.1 Å². The van der Waals surface area contributed by atoms with Crippen molar-refractivity contribution >= 4 is 21.6 Å². The number of hydrogen-bond acceptors (Lipinski definition) is 4. The molecule has 2 N–H and O–H groups in total. The van der Waals surface area contributed by atoms with Crippen molar-refractivity contribution in [3.63, 3.8) is 0 Å². The van der Waals surface area contributed by atoms with Gasteiger partial charge in [-0.3, -0.25) is 0 Å². The predicted molar refractivity (Wildman–Crippen MR) is 84.9 cm³/mol. The van der Waals surface area contributed by atoms with Crippen molar-refractivity contribution in [1.82, 2.24) is 10.1 Å². The molecule has 0 bridgehead atoms. The Hall–Kier alpha value is -2.14. The lowest BCUT2D eigenvalue weighted by molar-refractivity contribution is 0.380. The molecule has 0 aliphatic heterocycles. The van der Waals surface area contributed by atoms with E-state index in [9.17, 15) is 0 Å². The molecule has 0 radical (unpaired) electrons. The molecule has 0 saturated carbocycles. The fourth-order valence-electron chi connectivity index (χ4n) is 2.07. The van der Waals surface area contributed by atoms with Gasteiger partial charge in [0, 0.05) is 16.6 Å². The Labute approximate surface area is 131 Å². The van der Waals surface area contributed by atoms with E-state index >= 15 is 0 Å². The van der Waals surface area contributed by atoms with Gasteiger partial charge < -0.3 is 10.3 Å². The summed E-state index contributed by atoms with van der Waals surface area (Å²) in [6.45, 7) is 0. The summed E-state index contributed by atoms with van der Waals surface area (Å²) >= 11 is 3.46. The monoisotopic (exact) mass is 343 g/mol. The zero-order valence-electron chi connectivity index (χ0n) is 11.3. The van der Waals surface area contributed by atoms with Gasteiger partial charge >= 0.3 is 0 Å². The van der Waals surface area contributed by atoms with Crippen LogP contribution in [0.1, 0.15) is 22.8 Å². The lowest BCUT2D eigenvalue weighted by atomic mass is 10.1. The highest BCUT2D eigenvalue weighted by atomic mass is 79.9. The highest BCUT2D eigenvalue weighted by Gasteiger charge is 2.08. The molecule has 3 rings (SSSR count). The first-order chi connectivity index (χ1) is 10.2. The Kier molecular flexibility index (Phi) is 4.01. The molecule has 4 nitrogen and oxygen atoms in total. The summed E-state index contributed by atoms with van der Waals surface area (Å²) in [5.74, 6) is 1.31. The lowest BCUT2D eigenvalue weighted by Gasteiger charge is -1.98. The first-order valence-electron chi connectivity index (χ1n) is 6.59. The van der Waals surface area contributed by atoms with E-state index in [1.165, 1.54) is 0 Å². The van der Waals surface area contributed by atoms with Crippen LogP contribution in [0.5, 0.6) is 0 Å². The molecular formula is C16H14BrN3O. The van der Waals surface area contributed by atoms with Gasteiger partial charge in [0.05, 0.1) is 6.42 Å². The van der Waals surface area contributed by atoms with Gasteiger partial charge in [0.1, 0.15) is 0 Å². The van der Waals surface area contributed by atoms with Crippen molar-refractivity contribution in [1.29, 1.82) is 0 Å². The summed E-state index contributed by atoms with van der Waals surface area (Å²) in [6.07, 6.45) is 1.27. The third kappa shape index (κ3) is 3.70. The van der Waals surface area contributed by atoms with Crippen LogP contribution in [0.4, 0.5) is 5.69 Å². The average Bonchev–Trinajstić information content (AvgIpc) is 2.89. The van der Waals surface area contributed by atoms with E-state index in [-0.39, 0.29) is 0 Å². The molecule has 0 aliphatic rings. The third-order valence-electron chi connectivity index (χ3n) is 3.10. The number of halogens is 1. The Bertz CT molecular complexity index is 737. The molecule has 5 heteroatoms. The molecule has 21 heavy (non-hydrogen) atoms. The number of rotatable bonds is 4.